The van der Waals surface area contributed by atoms with Gasteiger partial charge in [-0.05, 0) is 18.1 Å². The summed E-state index contributed by atoms with van der Waals surface area (Å²) in [6.07, 6.45) is 1.82. The van der Waals surface area contributed by atoms with E-state index in [4.69, 9.17) is 4.74 Å². The van der Waals surface area contributed by atoms with Gasteiger partial charge in [0.15, 0.2) is 0 Å². The molecule has 0 aromatic heterocycles. The lowest BCUT2D eigenvalue weighted by atomic mass is 10.00. The fourth-order valence-corrected chi connectivity index (χ4v) is 2.77. The Balaban J connectivity index is 2.42. The summed E-state index contributed by atoms with van der Waals surface area (Å²) in [5, 5.41) is 0. The van der Waals surface area contributed by atoms with Crippen molar-refractivity contribution < 1.29 is 9.53 Å². The Morgan fingerprint density at radius 3 is 2.09 bits per heavy atom. The maximum atomic E-state index is 12.5. The molecule has 0 aliphatic carbocycles. The minimum absolute atomic E-state index is 0.0542. The quantitative estimate of drug-likeness (QED) is 0.568. The van der Waals surface area contributed by atoms with E-state index >= 15 is 0 Å². The number of nitrogens with zero attached hydrogens (tertiary/aromatic N) is 1. The van der Waals surface area contributed by atoms with Crippen molar-refractivity contribution in [3.8, 4) is 0 Å². The van der Waals surface area contributed by atoms with E-state index in [0.29, 0.717) is 6.54 Å². The molecule has 3 nitrogen and oxygen atoms in total. The van der Waals surface area contributed by atoms with Crippen LogP contribution >= 0.6 is 0 Å². The molecule has 3 heteroatoms. The highest BCUT2D eigenvalue weighted by atomic mass is 16.5. The molecule has 0 amide bonds. The standard InChI is InChI=1S/C20H23NO2/c1-4-15-21(16(2)17-11-7-5-8-12-17)19(20(22)23-3)18-13-9-6-10-14-18/h4-14,16,19H,1,15H2,2-3H3/t16-,19-/m0/s1. The number of hydrogen-bond acceptors (Lipinski definition) is 3. The number of ether oxygens (including phenoxy) is 1. The third kappa shape index (κ3) is 4.08. The van der Waals surface area contributed by atoms with Gasteiger partial charge in [-0.2, -0.15) is 0 Å². The Labute approximate surface area is 138 Å². The Bertz CT molecular complexity index is 625. The summed E-state index contributed by atoms with van der Waals surface area (Å²) in [6.45, 7) is 6.53. The van der Waals surface area contributed by atoms with Gasteiger partial charge in [-0.15, -0.1) is 6.58 Å². The van der Waals surface area contributed by atoms with E-state index in [0.717, 1.165) is 11.1 Å². The zero-order valence-electron chi connectivity index (χ0n) is 13.7. The number of rotatable bonds is 7. The normalized spacial score (nSPS) is 13.3. The van der Waals surface area contributed by atoms with Gasteiger partial charge in [-0.3, -0.25) is 4.90 Å². The zero-order valence-corrected chi connectivity index (χ0v) is 13.7. The first-order valence-corrected chi connectivity index (χ1v) is 7.73. The second-order valence-corrected chi connectivity index (χ2v) is 5.41. The number of carbonyl (C=O) groups is 1. The van der Waals surface area contributed by atoms with Crippen molar-refractivity contribution in [2.24, 2.45) is 0 Å². The molecule has 0 saturated heterocycles. The lowest BCUT2D eigenvalue weighted by Crippen LogP contribution is -2.37. The van der Waals surface area contributed by atoms with Crippen LogP contribution in [0.4, 0.5) is 0 Å². The minimum Gasteiger partial charge on any atom is -0.468 e. The van der Waals surface area contributed by atoms with E-state index in [1.54, 1.807) is 0 Å². The summed E-state index contributed by atoms with van der Waals surface area (Å²) < 4.78 is 5.07. The maximum Gasteiger partial charge on any atom is 0.327 e. The van der Waals surface area contributed by atoms with Crippen LogP contribution in [0.2, 0.25) is 0 Å². The molecule has 2 atom stereocenters. The lowest BCUT2D eigenvalue weighted by molar-refractivity contribution is -0.148. The van der Waals surface area contributed by atoms with E-state index in [9.17, 15) is 4.79 Å². The van der Waals surface area contributed by atoms with Crippen molar-refractivity contribution in [3.05, 3.63) is 84.4 Å². The lowest BCUT2D eigenvalue weighted by Gasteiger charge is -2.34. The largest absolute Gasteiger partial charge is 0.468 e. The molecule has 0 bridgehead atoms. The third-order valence-corrected chi connectivity index (χ3v) is 3.99. The van der Waals surface area contributed by atoms with Crippen LogP contribution in [0.15, 0.2) is 73.3 Å². The molecular formula is C20H23NO2. The van der Waals surface area contributed by atoms with Crippen molar-refractivity contribution in [1.82, 2.24) is 4.90 Å². The zero-order chi connectivity index (χ0) is 16.7. The van der Waals surface area contributed by atoms with Crippen LogP contribution in [0.5, 0.6) is 0 Å². The molecule has 120 valence electrons. The molecule has 0 N–H and O–H groups in total. The van der Waals surface area contributed by atoms with E-state index in [2.05, 4.69) is 30.5 Å². The van der Waals surface area contributed by atoms with Crippen molar-refractivity contribution >= 4 is 5.97 Å². The topological polar surface area (TPSA) is 29.5 Å². The molecule has 0 heterocycles. The third-order valence-electron chi connectivity index (χ3n) is 3.99. The summed E-state index contributed by atoms with van der Waals surface area (Å²) in [5.41, 5.74) is 2.07. The Morgan fingerprint density at radius 2 is 1.61 bits per heavy atom. The van der Waals surface area contributed by atoms with Crippen LogP contribution < -0.4 is 0 Å². The number of carbonyl (C=O) groups excluding carboxylic acids is 1. The average Bonchev–Trinajstić information content (AvgIpc) is 2.62. The van der Waals surface area contributed by atoms with E-state index < -0.39 is 6.04 Å². The van der Waals surface area contributed by atoms with Crippen LogP contribution in [-0.2, 0) is 9.53 Å². The second kappa shape index (κ2) is 8.30. The van der Waals surface area contributed by atoms with Crippen LogP contribution in [0.1, 0.15) is 30.1 Å². The van der Waals surface area contributed by atoms with Crippen LogP contribution in [0, 0.1) is 0 Å². The highest BCUT2D eigenvalue weighted by molar-refractivity contribution is 5.77. The molecule has 0 aliphatic heterocycles. The Morgan fingerprint density at radius 1 is 1.09 bits per heavy atom. The predicted molar refractivity (Wildman–Crippen MR) is 93.0 cm³/mol. The monoisotopic (exact) mass is 309 g/mol. The highest BCUT2D eigenvalue weighted by Gasteiger charge is 2.31. The summed E-state index contributed by atoms with van der Waals surface area (Å²) in [7, 11) is 1.43. The number of methoxy groups -OCH3 is 1. The summed E-state index contributed by atoms with van der Waals surface area (Å²) in [5.74, 6) is -0.263. The van der Waals surface area contributed by atoms with Crippen molar-refractivity contribution in [1.29, 1.82) is 0 Å². The van der Waals surface area contributed by atoms with Gasteiger partial charge in [0, 0.05) is 12.6 Å². The predicted octanol–water partition coefficient (Wildman–Crippen LogP) is 4.15. The molecular weight excluding hydrogens is 286 g/mol. The SMILES string of the molecule is C=CCN([C@H](C(=O)OC)c1ccccc1)[C@@H](C)c1ccccc1. The molecule has 2 rings (SSSR count). The van der Waals surface area contributed by atoms with Crippen LogP contribution in [0.3, 0.4) is 0 Å². The number of esters is 1. The summed E-state index contributed by atoms with van der Waals surface area (Å²) >= 11 is 0. The molecule has 0 spiro atoms. The summed E-state index contributed by atoms with van der Waals surface area (Å²) in [6, 6.07) is 19.5. The van der Waals surface area contributed by atoms with Gasteiger partial charge in [-0.1, -0.05) is 66.7 Å². The fraction of sp³-hybridized carbons (Fsp3) is 0.250. The van der Waals surface area contributed by atoms with Crippen LogP contribution in [-0.4, -0.2) is 24.5 Å². The molecule has 23 heavy (non-hydrogen) atoms. The van der Waals surface area contributed by atoms with Crippen LogP contribution in [0.25, 0.3) is 0 Å². The van der Waals surface area contributed by atoms with Gasteiger partial charge in [-0.25, -0.2) is 4.79 Å². The van der Waals surface area contributed by atoms with E-state index in [-0.39, 0.29) is 12.0 Å². The molecule has 2 aromatic rings. The molecule has 0 radical (unpaired) electrons. The highest BCUT2D eigenvalue weighted by Crippen LogP contribution is 2.31. The Hall–Kier alpha value is -2.39. The van der Waals surface area contributed by atoms with Gasteiger partial charge in [0.2, 0.25) is 0 Å². The van der Waals surface area contributed by atoms with Gasteiger partial charge in [0.25, 0.3) is 0 Å². The minimum atomic E-state index is -0.464. The van der Waals surface area contributed by atoms with Crippen molar-refractivity contribution in [3.63, 3.8) is 0 Å². The Kier molecular flexibility index (Phi) is 6.12. The fourth-order valence-electron chi connectivity index (χ4n) is 2.77. The van der Waals surface area contributed by atoms with Crippen molar-refractivity contribution in [2.75, 3.05) is 13.7 Å². The van der Waals surface area contributed by atoms with Gasteiger partial charge < -0.3 is 4.74 Å². The van der Waals surface area contributed by atoms with Gasteiger partial charge in [0.1, 0.15) is 6.04 Å². The molecule has 2 aromatic carbocycles. The van der Waals surface area contributed by atoms with E-state index in [1.807, 2.05) is 54.6 Å². The number of hydrogen-bond donors (Lipinski definition) is 0. The van der Waals surface area contributed by atoms with E-state index in [1.165, 1.54) is 7.11 Å². The molecule has 0 fully saturated rings. The first-order chi connectivity index (χ1) is 11.2. The number of benzene rings is 2. The smallest absolute Gasteiger partial charge is 0.327 e. The molecule has 0 saturated carbocycles. The van der Waals surface area contributed by atoms with Gasteiger partial charge in [0.05, 0.1) is 7.11 Å². The van der Waals surface area contributed by atoms with Gasteiger partial charge >= 0.3 is 5.97 Å². The maximum absolute atomic E-state index is 12.5. The second-order valence-electron chi connectivity index (χ2n) is 5.41. The molecule has 0 unspecified atom stereocenters. The average molecular weight is 309 g/mol. The first-order valence-electron chi connectivity index (χ1n) is 7.73. The summed E-state index contributed by atoms with van der Waals surface area (Å²) in [4.78, 5) is 14.6. The van der Waals surface area contributed by atoms with Crippen molar-refractivity contribution in [2.45, 2.75) is 19.0 Å². The first kappa shape index (κ1) is 17.0. The molecule has 0 aliphatic rings.